The third kappa shape index (κ3) is 4.49. The van der Waals surface area contributed by atoms with E-state index < -0.39 is 0 Å². The van der Waals surface area contributed by atoms with Crippen LogP contribution in [-0.4, -0.2) is 64.9 Å². The summed E-state index contributed by atoms with van der Waals surface area (Å²) in [5, 5.41) is 2.72. The molecule has 1 aliphatic heterocycles. The summed E-state index contributed by atoms with van der Waals surface area (Å²) >= 11 is 1.49. The van der Waals surface area contributed by atoms with Crippen LogP contribution >= 0.6 is 11.3 Å². The molecule has 0 radical (unpaired) electrons. The molecule has 0 spiro atoms. The molecule has 1 saturated heterocycles. The molecule has 4 rings (SSSR count). The molecule has 0 N–H and O–H groups in total. The van der Waals surface area contributed by atoms with E-state index in [2.05, 4.69) is 9.97 Å². The largest absolute Gasteiger partial charge is 0.497 e. The Hall–Kier alpha value is -3.26. The Bertz CT molecular complexity index is 1010. The van der Waals surface area contributed by atoms with Crippen molar-refractivity contribution in [3.63, 3.8) is 0 Å². The van der Waals surface area contributed by atoms with Crippen LogP contribution in [0.2, 0.25) is 0 Å². The fraction of sp³-hybridized carbons (Fsp3) is 0.273. The van der Waals surface area contributed by atoms with Crippen molar-refractivity contribution in [3.05, 3.63) is 65.3 Å². The minimum Gasteiger partial charge on any atom is -0.497 e. The number of rotatable bonds is 5. The smallest absolute Gasteiger partial charge is 0.253 e. The molecule has 1 aliphatic rings. The molecule has 3 heterocycles. The van der Waals surface area contributed by atoms with E-state index in [1.54, 1.807) is 47.4 Å². The fourth-order valence-electron chi connectivity index (χ4n) is 3.34. The van der Waals surface area contributed by atoms with E-state index >= 15 is 0 Å². The monoisotopic (exact) mass is 422 g/mol. The molecule has 8 heteroatoms. The molecule has 7 nitrogen and oxygen atoms in total. The molecule has 2 aromatic heterocycles. The molecule has 0 aliphatic carbocycles. The average Bonchev–Trinajstić information content (AvgIpc) is 3.28. The molecule has 0 atom stereocenters. The Morgan fingerprint density at radius 3 is 2.43 bits per heavy atom. The van der Waals surface area contributed by atoms with Crippen molar-refractivity contribution in [2.75, 3.05) is 33.3 Å². The van der Waals surface area contributed by atoms with E-state index in [0.717, 1.165) is 22.1 Å². The zero-order valence-corrected chi connectivity index (χ0v) is 17.5. The number of methoxy groups -OCH3 is 1. The molecule has 0 unspecified atom stereocenters. The summed E-state index contributed by atoms with van der Waals surface area (Å²) in [6.45, 7) is 2.09. The van der Waals surface area contributed by atoms with Gasteiger partial charge in [-0.05, 0) is 36.4 Å². The number of carbonyl (C=O) groups excluding carboxylic acids is 2. The Balaban J connectivity index is 1.31. The van der Waals surface area contributed by atoms with E-state index in [1.807, 2.05) is 23.6 Å². The second-order valence-corrected chi connectivity index (χ2v) is 7.80. The topological polar surface area (TPSA) is 75.6 Å². The van der Waals surface area contributed by atoms with Gasteiger partial charge >= 0.3 is 0 Å². The zero-order valence-electron chi connectivity index (χ0n) is 16.7. The van der Waals surface area contributed by atoms with Crippen molar-refractivity contribution in [2.45, 2.75) is 6.42 Å². The number of amides is 2. The Morgan fingerprint density at radius 1 is 1.03 bits per heavy atom. The van der Waals surface area contributed by atoms with Gasteiger partial charge in [0.15, 0.2) is 0 Å². The van der Waals surface area contributed by atoms with Crippen LogP contribution in [0.4, 0.5) is 0 Å². The number of benzene rings is 1. The Labute approximate surface area is 178 Å². The highest BCUT2D eigenvalue weighted by atomic mass is 32.1. The van der Waals surface area contributed by atoms with Crippen LogP contribution in [0.5, 0.6) is 5.75 Å². The van der Waals surface area contributed by atoms with Crippen LogP contribution in [0.3, 0.4) is 0 Å². The SMILES string of the molecule is COc1ccc(C(=O)N2CCN(C(=O)Cc3csc(-c4ccccn4)n3)CC2)cc1. The molecule has 0 bridgehead atoms. The molecule has 154 valence electrons. The summed E-state index contributed by atoms with van der Waals surface area (Å²) in [5.74, 6) is 0.726. The van der Waals surface area contributed by atoms with Crippen LogP contribution in [-0.2, 0) is 11.2 Å². The van der Waals surface area contributed by atoms with Crippen molar-refractivity contribution in [1.82, 2.24) is 19.8 Å². The summed E-state index contributed by atoms with van der Waals surface area (Å²) in [4.78, 5) is 37.8. The van der Waals surface area contributed by atoms with Crippen molar-refractivity contribution in [1.29, 1.82) is 0 Å². The number of hydrogen-bond acceptors (Lipinski definition) is 6. The van der Waals surface area contributed by atoms with Crippen molar-refractivity contribution in [2.24, 2.45) is 0 Å². The first-order chi connectivity index (χ1) is 14.6. The van der Waals surface area contributed by atoms with Gasteiger partial charge in [-0.2, -0.15) is 0 Å². The summed E-state index contributed by atoms with van der Waals surface area (Å²) in [5.41, 5.74) is 2.19. The summed E-state index contributed by atoms with van der Waals surface area (Å²) < 4.78 is 5.13. The lowest BCUT2D eigenvalue weighted by molar-refractivity contribution is -0.132. The van der Waals surface area contributed by atoms with Gasteiger partial charge in [0.1, 0.15) is 10.8 Å². The molecule has 3 aromatic rings. The number of thiazole rings is 1. The minimum absolute atomic E-state index is 0.0238. The standard InChI is InChI=1S/C22H22N4O3S/c1-29-18-7-5-16(6-8-18)22(28)26-12-10-25(11-13-26)20(27)14-17-15-30-21(24-17)19-4-2-3-9-23-19/h2-9,15H,10-14H2,1H3. The molecule has 1 aromatic carbocycles. The number of pyridine rings is 1. The first-order valence-electron chi connectivity index (χ1n) is 9.71. The lowest BCUT2D eigenvalue weighted by Crippen LogP contribution is -2.51. The van der Waals surface area contributed by atoms with E-state index in [0.29, 0.717) is 31.7 Å². The van der Waals surface area contributed by atoms with Gasteiger partial charge in [-0.15, -0.1) is 11.3 Å². The maximum atomic E-state index is 12.7. The summed E-state index contributed by atoms with van der Waals surface area (Å²) in [6, 6.07) is 12.8. The average molecular weight is 423 g/mol. The summed E-state index contributed by atoms with van der Waals surface area (Å²) in [7, 11) is 1.60. The highest BCUT2D eigenvalue weighted by Crippen LogP contribution is 2.22. The molecule has 2 amide bonds. The van der Waals surface area contributed by atoms with Crippen LogP contribution in [0.15, 0.2) is 54.0 Å². The van der Waals surface area contributed by atoms with Gasteiger partial charge < -0.3 is 14.5 Å². The van der Waals surface area contributed by atoms with E-state index in [-0.39, 0.29) is 18.2 Å². The quantitative estimate of drug-likeness (QED) is 0.632. The first kappa shape index (κ1) is 20.0. The van der Waals surface area contributed by atoms with Crippen LogP contribution in [0.1, 0.15) is 16.1 Å². The lowest BCUT2D eigenvalue weighted by atomic mass is 10.1. The highest BCUT2D eigenvalue weighted by molar-refractivity contribution is 7.13. The number of hydrogen-bond donors (Lipinski definition) is 0. The van der Waals surface area contributed by atoms with Crippen molar-refractivity contribution >= 4 is 23.2 Å². The third-order valence-corrected chi connectivity index (χ3v) is 5.94. The first-order valence-corrected chi connectivity index (χ1v) is 10.6. The number of carbonyl (C=O) groups is 2. The van der Waals surface area contributed by atoms with Gasteiger partial charge in [0.2, 0.25) is 5.91 Å². The second kappa shape index (κ2) is 9.04. The number of nitrogens with zero attached hydrogens (tertiary/aromatic N) is 4. The number of aromatic nitrogens is 2. The number of piperazine rings is 1. The van der Waals surface area contributed by atoms with Gasteiger partial charge in [0.25, 0.3) is 5.91 Å². The predicted molar refractivity (Wildman–Crippen MR) is 115 cm³/mol. The maximum absolute atomic E-state index is 12.7. The van der Waals surface area contributed by atoms with Gasteiger partial charge in [-0.1, -0.05) is 6.07 Å². The van der Waals surface area contributed by atoms with Gasteiger partial charge in [0, 0.05) is 43.3 Å². The zero-order chi connectivity index (χ0) is 20.9. The maximum Gasteiger partial charge on any atom is 0.253 e. The predicted octanol–water partition coefficient (Wildman–Crippen LogP) is 2.74. The lowest BCUT2D eigenvalue weighted by Gasteiger charge is -2.34. The van der Waals surface area contributed by atoms with E-state index in [4.69, 9.17) is 4.74 Å². The van der Waals surface area contributed by atoms with Crippen molar-refractivity contribution in [3.8, 4) is 16.5 Å². The van der Waals surface area contributed by atoms with Crippen LogP contribution < -0.4 is 4.74 Å². The Morgan fingerprint density at radius 2 is 1.77 bits per heavy atom. The van der Waals surface area contributed by atoms with E-state index in [1.165, 1.54) is 11.3 Å². The van der Waals surface area contributed by atoms with Gasteiger partial charge in [-0.3, -0.25) is 14.6 Å². The fourth-order valence-corrected chi connectivity index (χ4v) is 4.13. The third-order valence-electron chi connectivity index (χ3n) is 5.02. The highest BCUT2D eigenvalue weighted by Gasteiger charge is 2.25. The second-order valence-electron chi connectivity index (χ2n) is 6.94. The molecule has 0 saturated carbocycles. The normalized spacial score (nSPS) is 13.9. The molecular formula is C22H22N4O3S. The van der Waals surface area contributed by atoms with Crippen LogP contribution in [0.25, 0.3) is 10.7 Å². The molecule has 30 heavy (non-hydrogen) atoms. The van der Waals surface area contributed by atoms with Crippen LogP contribution in [0, 0.1) is 0 Å². The minimum atomic E-state index is -0.0238. The summed E-state index contributed by atoms with van der Waals surface area (Å²) in [6.07, 6.45) is 1.99. The van der Waals surface area contributed by atoms with E-state index in [9.17, 15) is 9.59 Å². The van der Waals surface area contributed by atoms with Crippen molar-refractivity contribution < 1.29 is 14.3 Å². The molecular weight excluding hydrogens is 400 g/mol. The Kier molecular flexibility index (Phi) is 6.04. The number of ether oxygens (including phenoxy) is 1. The van der Waals surface area contributed by atoms with Gasteiger partial charge in [-0.25, -0.2) is 4.98 Å². The molecule has 1 fully saturated rings. The van der Waals surface area contributed by atoms with Gasteiger partial charge in [0.05, 0.1) is 24.9 Å².